The number of hydrogen-bond donors (Lipinski definition) is 1. The first-order chi connectivity index (χ1) is 14.5. The Balaban J connectivity index is 1.50. The highest BCUT2D eigenvalue weighted by atomic mass is 19.1. The van der Waals surface area contributed by atoms with E-state index in [1.165, 1.54) is 23.4 Å². The average molecular weight is 408 g/mol. The van der Waals surface area contributed by atoms with Crippen LogP contribution in [0.3, 0.4) is 0 Å². The highest BCUT2D eigenvalue weighted by Gasteiger charge is 2.48. The van der Waals surface area contributed by atoms with Gasteiger partial charge in [-0.2, -0.15) is 0 Å². The molecule has 1 aliphatic heterocycles. The molecule has 6 heteroatoms. The number of aliphatic carboxylic acids is 1. The van der Waals surface area contributed by atoms with Gasteiger partial charge in [0.2, 0.25) is 5.88 Å². The second-order valence-electron chi connectivity index (χ2n) is 8.05. The number of aromatic nitrogens is 1. The third-order valence-electron chi connectivity index (χ3n) is 5.76. The Morgan fingerprint density at radius 3 is 2.80 bits per heavy atom. The van der Waals surface area contributed by atoms with E-state index in [9.17, 15) is 9.18 Å². The zero-order valence-corrected chi connectivity index (χ0v) is 17.1. The minimum atomic E-state index is -0.737. The van der Waals surface area contributed by atoms with Crippen molar-refractivity contribution < 1.29 is 19.0 Å². The van der Waals surface area contributed by atoms with Crippen molar-refractivity contribution in [3.8, 4) is 17.7 Å². The van der Waals surface area contributed by atoms with E-state index in [1.807, 2.05) is 6.07 Å². The lowest BCUT2D eigenvalue weighted by atomic mass is 9.85. The van der Waals surface area contributed by atoms with Crippen LogP contribution in [0, 0.1) is 17.7 Å². The van der Waals surface area contributed by atoms with Crippen molar-refractivity contribution in [3.05, 3.63) is 58.5 Å². The third kappa shape index (κ3) is 4.47. The predicted octanol–water partition coefficient (Wildman–Crippen LogP) is 3.73. The van der Waals surface area contributed by atoms with Gasteiger partial charge >= 0.3 is 5.97 Å². The van der Waals surface area contributed by atoms with Crippen LogP contribution in [0.1, 0.15) is 54.9 Å². The molecule has 0 atom stereocenters. The topological polar surface area (TPSA) is 62.7 Å². The Labute approximate surface area is 175 Å². The van der Waals surface area contributed by atoms with Gasteiger partial charge < -0.3 is 9.84 Å². The van der Waals surface area contributed by atoms with Crippen molar-refractivity contribution in [2.75, 3.05) is 19.7 Å². The van der Waals surface area contributed by atoms with Gasteiger partial charge in [-0.3, -0.25) is 9.69 Å². The first-order valence-corrected chi connectivity index (χ1v) is 10.4. The minimum absolute atomic E-state index is 0.000384. The molecule has 1 N–H and O–H groups in total. The van der Waals surface area contributed by atoms with Crippen LogP contribution in [0.2, 0.25) is 0 Å². The van der Waals surface area contributed by atoms with Crippen molar-refractivity contribution >= 4 is 5.97 Å². The van der Waals surface area contributed by atoms with E-state index in [0.29, 0.717) is 18.6 Å². The SMILES string of the molecule is CCOc1ncc(C#Cc2ccc3c(c2)C2(CC2)CN(CCCC(=O)O)C3)cc1F. The van der Waals surface area contributed by atoms with Gasteiger partial charge in [0, 0.05) is 42.2 Å². The molecule has 2 aromatic rings. The summed E-state index contributed by atoms with van der Waals surface area (Å²) in [5.41, 5.74) is 4.27. The van der Waals surface area contributed by atoms with E-state index in [1.54, 1.807) is 6.92 Å². The molecule has 0 amide bonds. The fraction of sp³-hybridized carbons (Fsp3) is 0.417. The summed E-state index contributed by atoms with van der Waals surface area (Å²) in [6.45, 7) is 4.78. The molecule has 1 aromatic carbocycles. The van der Waals surface area contributed by atoms with Crippen molar-refractivity contribution in [1.29, 1.82) is 0 Å². The standard InChI is InChI=1S/C24H25FN2O3/c1-2-30-23-21(25)13-18(14-26-23)6-5-17-7-8-19-15-27(11-3-4-22(28)29)16-24(9-10-24)20(19)12-17/h7-8,12-14H,2-4,9-11,15-16H2,1H3,(H,28,29). The first-order valence-electron chi connectivity index (χ1n) is 10.4. The lowest BCUT2D eigenvalue weighted by Crippen LogP contribution is -2.38. The molecule has 0 saturated heterocycles. The Morgan fingerprint density at radius 1 is 1.30 bits per heavy atom. The fourth-order valence-corrected chi connectivity index (χ4v) is 4.17. The smallest absolute Gasteiger partial charge is 0.303 e. The minimum Gasteiger partial charge on any atom is -0.481 e. The molecule has 156 valence electrons. The van der Waals surface area contributed by atoms with Gasteiger partial charge in [-0.1, -0.05) is 17.9 Å². The van der Waals surface area contributed by atoms with Gasteiger partial charge in [-0.15, -0.1) is 0 Å². The molecular weight excluding hydrogens is 383 g/mol. The predicted molar refractivity (Wildman–Crippen MR) is 111 cm³/mol. The Morgan fingerprint density at radius 2 is 2.10 bits per heavy atom. The van der Waals surface area contributed by atoms with Crippen LogP contribution in [-0.2, 0) is 16.8 Å². The van der Waals surface area contributed by atoms with Crippen molar-refractivity contribution in [3.63, 3.8) is 0 Å². The number of carboxylic acids is 1. The Hall–Kier alpha value is -2.91. The zero-order chi connectivity index (χ0) is 21.1. The molecule has 0 unspecified atom stereocenters. The van der Waals surface area contributed by atoms with E-state index in [2.05, 4.69) is 33.9 Å². The molecule has 1 fully saturated rings. The van der Waals surface area contributed by atoms with Crippen LogP contribution in [-0.4, -0.2) is 40.7 Å². The zero-order valence-electron chi connectivity index (χ0n) is 17.1. The molecule has 2 aliphatic rings. The second kappa shape index (κ2) is 8.45. The van der Waals surface area contributed by atoms with E-state index in [4.69, 9.17) is 9.84 Å². The maximum atomic E-state index is 14.0. The largest absolute Gasteiger partial charge is 0.481 e. The summed E-state index contributed by atoms with van der Waals surface area (Å²) < 4.78 is 19.1. The van der Waals surface area contributed by atoms with Crippen LogP contribution >= 0.6 is 0 Å². The van der Waals surface area contributed by atoms with Gasteiger partial charge in [0.15, 0.2) is 5.82 Å². The Kier molecular flexibility index (Phi) is 5.74. The molecule has 1 spiro atoms. The maximum Gasteiger partial charge on any atom is 0.303 e. The number of hydrogen-bond acceptors (Lipinski definition) is 4. The molecular formula is C24H25FN2O3. The normalized spacial score (nSPS) is 16.5. The van der Waals surface area contributed by atoms with Crippen molar-refractivity contribution in [2.45, 2.75) is 44.6 Å². The number of benzene rings is 1. The summed E-state index contributed by atoms with van der Waals surface area (Å²) in [4.78, 5) is 17.1. The maximum absolute atomic E-state index is 14.0. The number of fused-ring (bicyclic) bond motifs is 2. The highest BCUT2D eigenvalue weighted by Crippen LogP contribution is 2.52. The van der Waals surface area contributed by atoms with Crippen LogP contribution < -0.4 is 4.74 Å². The van der Waals surface area contributed by atoms with Gasteiger partial charge in [-0.05, 0) is 62.1 Å². The van der Waals surface area contributed by atoms with Gasteiger partial charge in [-0.25, -0.2) is 9.37 Å². The number of nitrogens with zero attached hydrogens (tertiary/aromatic N) is 2. The van der Waals surface area contributed by atoms with Crippen molar-refractivity contribution in [2.24, 2.45) is 0 Å². The number of carboxylic acid groups (broad SMARTS) is 1. The van der Waals surface area contributed by atoms with Crippen LogP contribution in [0.5, 0.6) is 5.88 Å². The van der Waals surface area contributed by atoms with Gasteiger partial charge in [0.05, 0.1) is 6.61 Å². The molecule has 2 heterocycles. The molecule has 0 radical (unpaired) electrons. The quantitative estimate of drug-likeness (QED) is 0.738. The number of pyridine rings is 1. The fourth-order valence-electron chi connectivity index (χ4n) is 4.17. The summed E-state index contributed by atoms with van der Waals surface area (Å²) in [5, 5.41) is 8.87. The molecule has 1 aromatic heterocycles. The number of ether oxygens (including phenoxy) is 1. The molecule has 0 bridgehead atoms. The molecule has 1 saturated carbocycles. The van der Waals surface area contributed by atoms with E-state index < -0.39 is 11.8 Å². The van der Waals surface area contributed by atoms with E-state index in [0.717, 1.165) is 38.0 Å². The lowest BCUT2D eigenvalue weighted by molar-refractivity contribution is -0.137. The highest BCUT2D eigenvalue weighted by molar-refractivity contribution is 5.66. The van der Waals surface area contributed by atoms with E-state index in [-0.39, 0.29) is 17.7 Å². The molecule has 1 aliphatic carbocycles. The number of halogens is 1. The average Bonchev–Trinajstić information content (AvgIpc) is 3.48. The summed E-state index contributed by atoms with van der Waals surface area (Å²) in [6.07, 6.45) is 4.72. The second-order valence-corrected chi connectivity index (χ2v) is 8.05. The summed E-state index contributed by atoms with van der Waals surface area (Å²) >= 11 is 0. The molecule has 5 nitrogen and oxygen atoms in total. The summed E-state index contributed by atoms with van der Waals surface area (Å²) in [7, 11) is 0. The summed E-state index contributed by atoms with van der Waals surface area (Å²) in [6, 6.07) is 7.64. The van der Waals surface area contributed by atoms with Gasteiger partial charge in [0.1, 0.15) is 0 Å². The lowest BCUT2D eigenvalue weighted by Gasteiger charge is -2.35. The number of carbonyl (C=O) groups is 1. The molecule has 30 heavy (non-hydrogen) atoms. The monoisotopic (exact) mass is 408 g/mol. The Bertz CT molecular complexity index is 1020. The van der Waals surface area contributed by atoms with Crippen LogP contribution in [0.15, 0.2) is 30.5 Å². The summed E-state index contributed by atoms with van der Waals surface area (Å²) in [5.74, 6) is 4.89. The third-order valence-corrected chi connectivity index (χ3v) is 5.76. The van der Waals surface area contributed by atoms with Crippen LogP contribution in [0.4, 0.5) is 4.39 Å². The van der Waals surface area contributed by atoms with Crippen molar-refractivity contribution in [1.82, 2.24) is 9.88 Å². The number of rotatable bonds is 6. The first kappa shape index (κ1) is 20.4. The molecule has 4 rings (SSSR count). The van der Waals surface area contributed by atoms with E-state index >= 15 is 0 Å². The van der Waals surface area contributed by atoms with Gasteiger partial charge in [0.25, 0.3) is 0 Å². The van der Waals surface area contributed by atoms with Crippen LogP contribution in [0.25, 0.3) is 0 Å².